The van der Waals surface area contributed by atoms with Crippen molar-refractivity contribution in [3.63, 3.8) is 0 Å². The zero-order chi connectivity index (χ0) is 16.3. The fourth-order valence-corrected chi connectivity index (χ4v) is 2.48. The summed E-state index contributed by atoms with van der Waals surface area (Å²) in [6.45, 7) is 4.30. The van der Waals surface area contributed by atoms with E-state index in [0.717, 1.165) is 5.69 Å². The Morgan fingerprint density at radius 1 is 1.39 bits per heavy atom. The highest BCUT2D eigenvalue weighted by Crippen LogP contribution is 2.31. The van der Waals surface area contributed by atoms with Crippen molar-refractivity contribution in [2.75, 3.05) is 18.6 Å². The smallest absolute Gasteiger partial charge is 0.249 e. The lowest BCUT2D eigenvalue weighted by Crippen LogP contribution is -2.50. The zero-order valence-corrected chi connectivity index (χ0v) is 14.4. The number of carbonyl (C=O) groups excluding carboxylic acids is 2. The number of carbonyl (C=O) groups is 2. The van der Waals surface area contributed by atoms with Crippen LogP contribution >= 0.6 is 12.4 Å². The molecule has 1 unspecified atom stereocenters. The predicted octanol–water partition coefficient (Wildman–Crippen LogP) is 1.32. The molecule has 1 heterocycles. The molecule has 23 heavy (non-hydrogen) atoms. The molecule has 2 atom stereocenters. The van der Waals surface area contributed by atoms with E-state index in [2.05, 4.69) is 5.32 Å². The normalized spacial score (nSPS) is 18.6. The number of nitrogens with zero attached hydrogens (tertiary/aromatic N) is 1. The topological polar surface area (TPSA) is 84.7 Å². The SMILES string of the molecule is COc1ccccc1N1CCC(NC(=O)[C@@H](N)C(C)C)C1=O.Cl. The van der Waals surface area contributed by atoms with E-state index in [9.17, 15) is 9.59 Å². The van der Waals surface area contributed by atoms with Crippen LogP contribution in [0.15, 0.2) is 24.3 Å². The van der Waals surface area contributed by atoms with Crippen LogP contribution in [0.1, 0.15) is 20.3 Å². The predicted molar refractivity (Wildman–Crippen MR) is 92.0 cm³/mol. The quantitative estimate of drug-likeness (QED) is 0.846. The van der Waals surface area contributed by atoms with E-state index in [0.29, 0.717) is 18.7 Å². The number of hydrogen-bond donors (Lipinski definition) is 2. The number of halogens is 1. The minimum Gasteiger partial charge on any atom is -0.495 e. The Balaban J connectivity index is 0.00000264. The third kappa shape index (κ3) is 4.14. The van der Waals surface area contributed by atoms with Gasteiger partial charge in [-0.2, -0.15) is 0 Å². The third-order valence-corrected chi connectivity index (χ3v) is 3.92. The Labute approximate surface area is 142 Å². The van der Waals surface area contributed by atoms with E-state index in [1.165, 1.54) is 0 Å². The van der Waals surface area contributed by atoms with Crippen LogP contribution in [-0.4, -0.2) is 37.6 Å². The molecule has 1 aromatic rings. The second-order valence-electron chi connectivity index (χ2n) is 5.78. The average Bonchev–Trinajstić information content (AvgIpc) is 2.87. The molecule has 3 N–H and O–H groups in total. The van der Waals surface area contributed by atoms with Crippen LogP contribution in [0.3, 0.4) is 0 Å². The molecule has 2 amide bonds. The van der Waals surface area contributed by atoms with Gasteiger partial charge in [0.25, 0.3) is 0 Å². The van der Waals surface area contributed by atoms with Crippen LogP contribution in [0, 0.1) is 5.92 Å². The van der Waals surface area contributed by atoms with Crippen molar-refractivity contribution in [2.24, 2.45) is 11.7 Å². The maximum absolute atomic E-state index is 12.5. The first kappa shape index (κ1) is 19.3. The first-order chi connectivity index (χ1) is 10.5. The number of methoxy groups -OCH3 is 1. The number of nitrogens with one attached hydrogen (secondary N) is 1. The lowest BCUT2D eigenvalue weighted by molar-refractivity contribution is -0.127. The van der Waals surface area contributed by atoms with E-state index >= 15 is 0 Å². The lowest BCUT2D eigenvalue weighted by Gasteiger charge is -2.21. The number of amides is 2. The van der Waals surface area contributed by atoms with Crippen molar-refractivity contribution >= 4 is 29.9 Å². The summed E-state index contributed by atoms with van der Waals surface area (Å²) in [4.78, 5) is 26.2. The maximum Gasteiger partial charge on any atom is 0.249 e. The van der Waals surface area contributed by atoms with Gasteiger partial charge in [-0.1, -0.05) is 26.0 Å². The summed E-state index contributed by atoms with van der Waals surface area (Å²) in [5.74, 6) is 0.257. The average molecular weight is 342 g/mol. The highest BCUT2D eigenvalue weighted by molar-refractivity contribution is 6.02. The summed E-state index contributed by atoms with van der Waals surface area (Å²) >= 11 is 0. The molecule has 0 spiro atoms. The maximum atomic E-state index is 12.5. The van der Waals surface area contributed by atoms with Crippen LogP contribution < -0.4 is 20.7 Å². The second-order valence-corrected chi connectivity index (χ2v) is 5.78. The Hall–Kier alpha value is -1.79. The van der Waals surface area contributed by atoms with Crippen molar-refractivity contribution in [3.8, 4) is 5.75 Å². The molecule has 0 bridgehead atoms. The Bertz CT molecular complexity index is 565. The van der Waals surface area contributed by atoms with Crippen molar-refractivity contribution in [3.05, 3.63) is 24.3 Å². The van der Waals surface area contributed by atoms with Crippen LogP contribution in [0.5, 0.6) is 5.75 Å². The van der Waals surface area contributed by atoms with Gasteiger partial charge in [0.2, 0.25) is 11.8 Å². The van der Waals surface area contributed by atoms with E-state index in [1.807, 2.05) is 38.1 Å². The number of anilines is 1. The summed E-state index contributed by atoms with van der Waals surface area (Å²) in [7, 11) is 1.57. The fourth-order valence-electron chi connectivity index (χ4n) is 2.48. The van der Waals surface area contributed by atoms with Gasteiger partial charge in [0.05, 0.1) is 18.8 Å². The molecular formula is C16H24ClN3O3. The summed E-state index contributed by atoms with van der Waals surface area (Å²) in [6.07, 6.45) is 0.563. The van der Waals surface area contributed by atoms with Gasteiger partial charge in [0.1, 0.15) is 11.8 Å². The van der Waals surface area contributed by atoms with Gasteiger partial charge in [0, 0.05) is 6.54 Å². The number of para-hydroxylation sites is 2. The molecule has 1 aliphatic rings. The van der Waals surface area contributed by atoms with Gasteiger partial charge >= 0.3 is 0 Å². The first-order valence-electron chi connectivity index (χ1n) is 7.46. The monoisotopic (exact) mass is 341 g/mol. The fraction of sp³-hybridized carbons (Fsp3) is 0.500. The van der Waals surface area contributed by atoms with E-state index in [1.54, 1.807) is 12.0 Å². The summed E-state index contributed by atoms with van der Waals surface area (Å²) in [6, 6.07) is 6.22. The highest BCUT2D eigenvalue weighted by Gasteiger charge is 2.35. The molecule has 0 saturated carbocycles. The van der Waals surface area contributed by atoms with Gasteiger partial charge in [-0.25, -0.2) is 0 Å². The lowest BCUT2D eigenvalue weighted by atomic mass is 10.0. The van der Waals surface area contributed by atoms with E-state index in [4.69, 9.17) is 10.5 Å². The number of benzene rings is 1. The van der Waals surface area contributed by atoms with Gasteiger partial charge in [-0.05, 0) is 24.5 Å². The van der Waals surface area contributed by atoms with Crippen molar-refractivity contribution < 1.29 is 14.3 Å². The Morgan fingerprint density at radius 2 is 2.04 bits per heavy atom. The summed E-state index contributed by atoms with van der Waals surface area (Å²) in [5.41, 5.74) is 6.54. The summed E-state index contributed by atoms with van der Waals surface area (Å²) < 4.78 is 5.29. The minimum absolute atomic E-state index is 0. The molecule has 1 saturated heterocycles. The molecule has 0 aliphatic carbocycles. The summed E-state index contributed by atoms with van der Waals surface area (Å²) in [5, 5.41) is 2.75. The van der Waals surface area contributed by atoms with E-state index < -0.39 is 12.1 Å². The molecule has 7 heteroatoms. The van der Waals surface area contributed by atoms with Crippen molar-refractivity contribution in [1.29, 1.82) is 0 Å². The minimum atomic E-state index is -0.604. The molecule has 0 aromatic heterocycles. The van der Waals surface area contributed by atoms with Crippen molar-refractivity contribution in [2.45, 2.75) is 32.4 Å². The molecule has 6 nitrogen and oxygen atoms in total. The standard InChI is InChI=1S/C16H23N3O3.ClH/c1-10(2)14(17)15(20)18-11-8-9-19(16(11)21)12-6-4-5-7-13(12)22-3;/h4-7,10-11,14H,8-9,17H2,1-3H3,(H,18,20);1H/t11?,14-;/m0./s1. The molecule has 2 rings (SSSR count). The molecule has 0 radical (unpaired) electrons. The number of hydrogen-bond acceptors (Lipinski definition) is 4. The first-order valence-corrected chi connectivity index (χ1v) is 7.46. The highest BCUT2D eigenvalue weighted by atomic mass is 35.5. The van der Waals surface area contributed by atoms with Crippen LogP contribution in [0.25, 0.3) is 0 Å². The third-order valence-electron chi connectivity index (χ3n) is 3.92. The number of nitrogens with two attached hydrogens (primary N) is 1. The largest absolute Gasteiger partial charge is 0.495 e. The Morgan fingerprint density at radius 3 is 2.65 bits per heavy atom. The van der Waals surface area contributed by atoms with Crippen LogP contribution in [-0.2, 0) is 9.59 Å². The molecular weight excluding hydrogens is 318 g/mol. The van der Waals surface area contributed by atoms with Crippen molar-refractivity contribution in [1.82, 2.24) is 5.32 Å². The van der Waals surface area contributed by atoms with E-state index in [-0.39, 0.29) is 30.1 Å². The number of ether oxygens (including phenoxy) is 1. The van der Waals surface area contributed by atoms with Gasteiger partial charge in [-0.3, -0.25) is 9.59 Å². The van der Waals surface area contributed by atoms with Gasteiger partial charge in [0.15, 0.2) is 0 Å². The van der Waals surface area contributed by atoms with Gasteiger partial charge < -0.3 is 20.7 Å². The molecule has 128 valence electrons. The van der Waals surface area contributed by atoms with Crippen LogP contribution in [0.2, 0.25) is 0 Å². The molecule has 1 aromatic carbocycles. The number of rotatable bonds is 5. The molecule has 1 fully saturated rings. The Kier molecular flexibility index (Phi) is 6.84. The van der Waals surface area contributed by atoms with Crippen LogP contribution in [0.4, 0.5) is 5.69 Å². The zero-order valence-electron chi connectivity index (χ0n) is 13.6. The van der Waals surface area contributed by atoms with Gasteiger partial charge in [-0.15, -0.1) is 12.4 Å². The second kappa shape index (κ2) is 8.17. The molecule has 1 aliphatic heterocycles.